The van der Waals surface area contributed by atoms with Crippen LogP contribution < -0.4 is 14.4 Å². The highest BCUT2D eigenvalue weighted by Crippen LogP contribution is 2.24. The maximum absolute atomic E-state index is 13.1. The van der Waals surface area contributed by atoms with Gasteiger partial charge in [0.2, 0.25) is 0 Å². The first-order valence-electron chi connectivity index (χ1n) is 12.7. The Morgan fingerprint density at radius 3 is 2.14 bits per heavy atom. The molecule has 0 aromatic heterocycles. The van der Waals surface area contributed by atoms with Crippen LogP contribution in [0.2, 0.25) is 0 Å². The van der Waals surface area contributed by atoms with E-state index in [0.717, 1.165) is 50.3 Å². The third-order valence-electron chi connectivity index (χ3n) is 7.17. The van der Waals surface area contributed by atoms with Crippen molar-refractivity contribution in [1.82, 2.24) is 9.80 Å². The Hall–Kier alpha value is -3.22. The van der Waals surface area contributed by atoms with Crippen molar-refractivity contribution in [2.45, 2.75) is 51.6 Å². The standard InChI is InChI=1S/C28H37N3O4/c1-21-6-4-7-22(2)31(21)27(32)20-35-26-12-8-23(9-13-26)28(33)30-17-5-16-29(18-19-30)24-10-14-25(34-3)15-11-24/h8-15,21-22H,4-7,16-20H2,1-3H3. The lowest BCUT2D eigenvalue weighted by atomic mass is 9.97. The van der Waals surface area contributed by atoms with E-state index in [9.17, 15) is 9.59 Å². The predicted molar refractivity (Wildman–Crippen MR) is 137 cm³/mol. The minimum absolute atomic E-state index is 0.0231. The van der Waals surface area contributed by atoms with Gasteiger partial charge in [-0.25, -0.2) is 0 Å². The highest BCUT2D eigenvalue weighted by atomic mass is 16.5. The first-order chi connectivity index (χ1) is 17.0. The fourth-order valence-electron chi connectivity index (χ4n) is 5.18. The van der Waals surface area contributed by atoms with E-state index in [0.29, 0.717) is 17.9 Å². The number of carbonyl (C=O) groups excluding carboxylic acids is 2. The zero-order valence-corrected chi connectivity index (χ0v) is 21.1. The molecular formula is C28H37N3O4. The molecule has 2 unspecified atom stereocenters. The lowest BCUT2D eigenvalue weighted by Crippen LogP contribution is -2.49. The summed E-state index contributed by atoms with van der Waals surface area (Å²) in [5.74, 6) is 1.50. The van der Waals surface area contributed by atoms with Gasteiger partial charge < -0.3 is 24.2 Å². The Morgan fingerprint density at radius 1 is 0.829 bits per heavy atom. The quantitative estimate of drug-likeness (QED) is 0.621. The van der Waals surface area contributed by atoms with Crippen molar-refractivity contribution in [3.63, 3.8) is 0 Å². The molecular weight excluding hydrogens is 442 g/mol. The summed E-state index contributed by atoms with van der Waals surface area (Å²) in [6.07, 6.45) is 4.16. The Morgan fingerprint density at radius 2 is 1.49 bits per heavy atom. The minimum atomic E-state index is 0.0231. The Bertz CT molecular complexity index is 982. The molecule has 2 atom stereocenters. The van der Waals surface area contributed by atoms with Gasteiger partial charge in [0.25, 0.3) is 11.8 Å². The number of piperidine rings is 1. The highest BCUT2D eigenvalue weighted by molar-refractivity contribution is 5.94. The zero-order chi connectivity index (χ0) is 24.8. The van der Waals surface area contributed by atoms with Crippen LogP contribution in [0.5, 0.6) is 11.5 Å². The highest BCUT2D eigenvalue weighted by Gasteiger charge is 2.29. The lowest BCUT2D eigenvalue weighted by Gasteiger charge is -2.38. The van der Waals surface area contributed by atoms with E-state index < -0.39 is 0 Å². The van der Waals surface area contributed by atoms with Crippen molar-refractivity contribution >= 4 is 17.5 Å². The van der Waals surface area contributed by atoms with Crippen LogP contribution >= 0.6 is 0 Å². The third-order valence-corrected chi connectivity index (χ3v) is 7.17. The molecule has 7 nitrogen and oxygen atoms in total. The normalized spacial score (nSPS) is 20.8. The largest absolute Gasteiger partial charge is 0.497 e. The number of carbonyl (C=O) groups is 2. The lowest BCUT2D eigenvalue weighted by molar-refractivity contribution is -0.139. The van der Waals surface area contributed by atoms with E-state index in [1.54, 1.807) is 31.4 Å². The number of benzene rings is 2. The summed E-state index contributed by atoms with van der Waals surface area (Å²) in [5, 5.41) is 0. The second-order valence-electron chi connectivity index (χ2n) is 9.57. The second-order valence-corrected chi connectivity index (χ2v) is 9.57. The Kier molecular flexibility index (Phi) is 8.16. The van der Waals surface area contributed by atoms with Crippen molar-refractivity contribution < 1.29 is 19.1 Å². The third kappa shape index (κ3) is 6.08. The van der Waals surface area contributed by atoms with Gasteiger partial charge in [-0.05, 0) is 88.1 Å². The van der Waals surface area contributed by atoms with Gasteiger partial charge in [-0.3, -0.25) is 9.59 Å². The van der Waals surface area contributed by atoms with Gasteiger partial charge in [0.1, 0.15) is 11.5 Å². The number of ether oxygens (including phenoxy) is 2. The maximum Gasteiger partial charge on any atom is 0.260 e. The molecule has 0 radical (unpaired) electrons. The van der Waals surface area contributed by atoms with Gasteiger partial charge >= 0.3 is 0 Å². The van der Waals surface area contributed by atoms with Gasteiger partial charge in [0.05, 0.1) is 7.11 Å². The van der Waals surface area contributed by atoms with Gasteiger partial charge in [0.15, 0.2) is 6.61 Å². The minimum Gasteiger partial charge on any atom is -0.497 e. The van der Waals surface area contributed by atoms with E-state index >= 15 is 0 Å². The maximum atomic E-state index is 13.1. The molecule has 2 aromatic rings. The monoisotopic (exact) mass is 479 g/mol. The van der Waals surface area contributed by atoms with Crippen molar-refractivity contribution in [1.29, 1.82) is 0 Å². The molecule has 188 valence electrons. The fourth-order valence-corrected chi connectivity index (χ4v) is 5.18. The molecule has 0 saturated carbocycles. The van der Waals surface area contributed by atoms with E-state index in [1.807, 2.05) is 21.9 Å². The average Bonchev–Trinajstić information content (AvgIpc) is 3.14. The molecule has 0 bridgehead atoms. The van der Waals surface area contributed by atoms with Crippen molar-refractivity contribution in [2.24, 2.45) is 0 Å². The number of likely N-dealkylation sites (tertiary alicyclic amines) is 1. The van der Waals surface area contributed by atoms with E-state index in [4.69, 9.17) is 9.47 Å². The summed E-state index contributed by atoms with van der Waals surface area (Å²) in [6.45, 7) is 7.32. The average molecular weight is 480 g/mol. The van der Waals surface area contributed by atoms with Crippen LogP contribution in [0.3, 0.4) is 0 Å². The van der Waals surface area contributed by atoms with Crippen molar-refractivity contribution in [3.8, 4) is 11.5 Å². The first kappa shape index (κ1) is 24.9. The van der Waals surface area contributed by atoms with Gasteiger partial charge in [0, 0.05) is 49.5 Å². The number of nitrogens with zero attached hydrogens (tertiary/aromatic N) is 3. The Balaban J connectivity index is 1.30. The molecule has 2 heterocycles. The molecule has 7 heteroatoms. The van der Waals surface area contributed by atoms with Crippen LogP contribution in [0.15, 0.2) is 48.5 Å². The molecule has 2 aliphatic heterocycles. The van der Waals surface area contributed by atoms with E-state index in [-0.39, 0.29) is 30.5 Å². The van der Waals surface area contributed by atoms with Gasteiger partial charge in [-0.2, -0.15) is 0 Å². The molecule has 4 rings (SSSR count). The van der Waals surface area contributed by atoms with Crippen LogP contribution in [-0.4, -0.2) is 73.6 Å². The van der Waals surface area contributed by atoms with Crippen LogP contribution in [0.1, 0.15) is 49.9 Å². The zero-order valence-electron chi connectivity index (χ0n) is 21.1. The van der Waals surface area contributed by atoms with Crippen LogP contribution in [0.25, 0.3) is 0 Å². The second kappa shape index (κ2) is 11.5. The number of anilines is 1. The molecule has 2 amide bonds. The molecule has 2 aliphatic rings. The summed E-state index contributed by atoms with van der Waals surface area (Å²) < 4.78 is 11.0. The summed E-state index contributed by atoms with van der Waals surface area (Å²) in [7, 11) is 1.67. The van der Waals surface area contributed by atoms with Crippen LogP contribution in [0, 0.1) is 0 Å². The topological polar surface area (TPSA) is 62.3 Å². The SMILES string of the molecule is COc1ccc(N2CCCN(C(=O)c3ccc(OCC(=O)N4C(C)CCCC4C)cc3)CC2)cc1. The van der Waals surface area contributed by atoms with Crippen LogP contribution in [0.4, 0.5) is 5.69 Å². The van der Waals surface area contributed by atoms with Crippen LogP contribution in [-0.2, 0) is 4.79 Å². The molecule has 35 heavy (non-hydrogen) atoms. The molecule has 0 spiro atoms. The summed E-state index contributed by atoms with van der Waals surface area (Å²) in [5.41, 5.74) is 1.78. The summed E-state index contributed by atoms with van der Waals surface area (Å²) >= 11 is 0. The van der Waals surface area contributed by atoms with E-state index in [2.05, 4.69) is 30.9 Å². The van der Waals surface area contributed by atoms with Gasteiger partial charge in [-0.1, -0.05) is 0 Å². The smallest absolute Gasteiger partial charge is 0.260 e. The predicted octanol–water partition coefficient (Wildman–Crippen LogP) is 4.22. The number of methoxy groups -OCH3 is 1. The number of rotatable bonds is 6. The fraction of sp³-hybridized carbons (Fsp3) is 0.500. The number of hydrogen-bond donors (Lipinski definition) is 0. The van der Waals surface area contributed by atoms with Crippen molar-refractivity contribution in [3.05, 3.63) is 54.1 Å². The number of amides is 2. The summed E-state index contributed by atoms with van der Waals surface area (Å²) in [6, 6.07) is 15.7. The molecule has 0 N–H and O–H groups in total. The summed E-state index contributed by atoms with van der Waals surface area (Å²) in [4.78, 5) is 32.0. The number of hydrogen-bond acceptors (Lipinski definition) is 5. The first-order valence-corrected chi connectivity index (χ1v) is 12.7. The molecule has 0 aliphatic carbocycles. The Labute approximate surface area is 208 Å². The molecule has 2 aromatic carbocycles. The van der Waals surface area contributed by atoms with Crippen molar-refractivity contribution in [2.75, 3.05) is 44.8 Å². The molecule has 2 saturated heterocycles. The van der Waals surface area contributed by atoms with E-state index in [1.165, 1.54) is 6.42 Å². The molecule has 2 fully saturated rings. The van der Waals surface area contributed by atoms with Gasteiger partial charge in [-0.15, -0.1) is 0 Å².